The van der Waals surface area contributed by atoms with E-state index in [0.717, 1.165) is 6.42 Å². The van der Waals surface area contributed by atoms with Crippen LogP contribution in [0.2, 0.25) is 0 Å². The molecule has 1 saturated carbocycles. The van der Waals surface area contributed by atoms with Crippen LogP contribution in [0.1, 0.15) is 87.3 Å². The molecule has 0 spiro atoms. The van der Waals surface area contributed by atoms with Gasteiger partial charge >= 0.3 is 266 Å². The fraction of sp³-hybridized carbons (Fsp3) is 0.310. The third-order valence-corrected chi connectivity index (χ3v) is 15.7. The van der Waals surface area contributed by atoms with E-state index in [9.17, 15) is 0 Å². The Balaban J connectivity index is 0.00000200. The predicted octanol–water partition coefficient (Wildman–Crippen LogP) is 5.55. The monoisotopic (exact) mass is 666 g/mol. The van der Waals surface area contributed by atoms with Gasteiger partial charge in [-0.2, -0.15) is 0 Å². The zero-order chi connectivity index (χ0) is 29.8. The summed E-state index contributed by atoms with van der Waals surface area (Å²) in [6, 6.07) is 24.4. The maximum absolute atomic E-state index is 2.62. The van der Waals surface area contributed by atoms with Gasteiger partial charge in [0.15, 0.2) is 0 Å². The van der Waals surface area contributed by atoms with Crippen molar-refractivity contribution in [2.75, 3.05) is 0 Å². The van der Waals surface area contributed by atoms with Crippen LogP contribution in [-0.4, -0.2) is 3.81 Å². The van der Waals surface area contributed by atoms with Crippen LogP contribution >= 0.6 is 0 Å². The SMILES string of the molecule is Cc1cc(C)c(-c2ccc3c(c2)[CH]([Ti+2]([C]2=CC=CC2)=[C]2CCCCC2)c2cc(-c4c(C)cc(C)cc4C)ccc2-3)c(C)c1.[Cl-].[Cl-]. The molecule has 0 saturated heterocycles. The molecule has 230 valence electrons. The van der Waals surface area contributed by atoms with Crippen molar-refractivity contribution < 1.29 is 42.2 Å². The Hall–Kier alpha value is -2.48. The van der Waals surface area contributed by atoms with Crippen molar-refractivity contribution >= 4 is 3.81 Å². The van der Waals surface area contributed by atoms with Crippen LogP contribution in [0.25, 0.3) is 33.4 Å². The average Bonchev–Trinajstić information content (AvgIpc) is 3.60. The second-order valence-corrected chi connectivity index (χ2v) is 17.8. The summed E-state index contributed by atoms with van der Waals surface area (Å²) in [5.74, 6) is 0. The van der Waals surface area contributed by atoms with Crippen LogP contribution in [0.15, 0.2) is 82.8 Å². The minimum absolute atomic E-state index is 0. The zero-order valence-electron chi connectivity index (χ0n) is 27.6. The van der Waals surface area contributed by atoms with E-state index in [1.807, 2.05) is 3.81 Å². The van der Waals surface area contributed by atoms with Crippen LogP contribution in [0, 0.1) is 41.5 Å². The van der Waals surface area contributed by atoms with Gasteiger partial charge in [0.05, 0.1) is 0 Å². The fourth-order valence-corrected chi connectivity index (χ4v) is 14.7. The van der Waals surface area contributed by atoms with E-state index in [1.165, 1.54) is 98.9 Å². The number of aryl methyl sites for hydroxylation is 6. The Morgan fingerprint density at radius 2 is 1.04 bits per heavy atom. The second-order valence-electron chi connectivity index (χ2n) is 13.5. The molecule has 0 bridgehead atoms. The summed E-state index contributed by atoms with van der Waals surface area (Å²) in [7, 11) is 0. The third-order valence-electron chi connectivity index (χ3n) is 10.2. The van der Waals surface area contributed by atoms with E-state index in [1.54, 1.807) is 15.0 Å². The van der Waals surface area contributed by atoms with Gasteiger partial charge in [0.25, 0.3) is 0 Å². The van der Waals surface area contributed by atoms with Gasteiger partial charge in [-0.25, -0.2) is 0 Å². The largest absolute Gasteiger partial charge is 1.00 e. The molecule has 3 aliphatic rings. The molecule has 0 unspecified atom stereocenters. The molecule has 0 N–H and O–H groups in total. The standard InChI is InChI=1S/C31H29.C6H10.C5H5.2ClH.Ti/c1-18-11-20(3)30(21(4)12-18)24-7-9-28-26(15-24)17-27-16-25(8-10-29(27)28)31-22(5)13-19(2)14-23(31)6;1-2-4-6-5-3-1;1-2-4-5-3-1;;;/h7-17H,1-6H3;1-5H2;1-3H,4H2;2*1H;/q;;;;;+2/p-2. The molecule has 4 aromatic rings. The summed E-state index contributed by atoms with van der Waals surface area (Å²) in [5.41, 5.74) is 20.0. The number of hydrogen-bond acceptors (Lipinski definition) is 0. The molecule has 3 aliphatic carbocycles. The molecule has 3 heteroatoms. The molecule has 0 heterocycles. The first kappa shape index (κ1) is 33.9. The molecule has 0 aliphatic heterocycles. The van der Waals surface area contributed by atoms with E-state index < -0.39 is 17.4 Å². The summed E-state index contributed by atoms with van der Waals surface area (Å²) in [5, 5.41) is 0. The minimum atomic E-state index is -1.86. The van der Waals surface area contributed by atoms with Gasteiger partial charge in [-0.05, 0) is 0 Å². The number of hydrogen-bond donors (Lipinski definition) is 0. The Labute approximate surface area is 289 Å². The topological polar surface area (TPSA) is 0 Å². The van der Waals surface area contributed by atoms with Crippen molar-refractivity contribution in [3.8, 4) is 33.4 Å². The van der Waals surface area contributed by atoms with Gasteiger partial charge in [-0.3, -0.25) is 0 Å². The van der Waals surface area contributed by atoms with Crippen LogP contribution in [0.5, 0.6) is 0 Å². The molecule has 0 nitrogen and oxygen atoms in total. The van der Waals surface area contributed by atoms with Gasteiger partial charge in [-0.15, -0.1) is 0 Å². The summed E-state index contributed by atoms with van der Waals surface area (Å²) in [6.45, 7) is 13.6. The first-order valence-electron chi connectivity index (χ1n) is 16.3. The van der Waals surface area contributed by atoms with Crippen molar-refractivity contribution in [2.45, 2.75) is 84.3 Å². The molecular weight excluding hydrogens is 623 g/mol. The molecule has 45 heavy (non-hydrogen) atoms. The number of rotatable bonds is 4. The van der Waals surface area contributed by atoms with Gasteiger partial charge in [0.1, 0.15) is 0 Å². The molecular formula is C42H44Cl2Ti. The Bertz CT molecular complexity index is 1730. The third kappa shape index (κ3) is 6.17. The van der Waals surface area contributed by atoms with Gasteiger partial charge < -0.3 is 24.8 Å². The van der Waals surface area contributed by atoms with E-state index in [0.29, 0.717) is 4.22 Å². The fourth-order valence-electron chi connectivity index (χ4n) is 8.67. The Kier molecular flexibility index (Phi) is 10.3. The quantitative estimate of drug-likeness (QED) is 0.251. The van der Waals surface area contributed by atoms with Gasteiger partial charge in [0, 0.05) is 0 Å². The minimum Gasteiger partial charge on any atom is -1.00 e. The average molecular weight is 668 g/mol. The molecule has 1 fully saturated rings. The first-order valence-corrected chi connectivity index (χ1v) is 18.8. The summed E-state index contributed by atoms with van der Waals surface area (Å²) >= 11 is -1.86. The van der Waals surface area contributed by atoms with Gasteiger partial charge in [-0.1, -0.05) is 0 Å². The van der Waals surface area contributed by atoms with Crippen molar-refractivity contribution in [3.05, 3.63) is 127 Å². The summed E-state index contributed by atoms with van der Waals surface area (Å²) < 4.78 is 4.24. The van der Waals surface area contributed by atoms with Crippen LogP contribution in [0.3, 0.4) is 0 Å². The van der Waals surface area contributed by atoms with Crippen molar-refractivity contribution in [2.24, 2.45) is 0 Å². The summed E-state index contributed by atoms with van der Waals surface area (Å²) in [6.07, 6.45) is 15.3. The van der Waals surface area contributed by atoms with Crippen molar-refractivity contribution in [1.82, 2.24) is 0 Å². The number of allylic oxidation sites excluding steroid dienone is 4. The number of benzene rings is 4. The normalized spacial score (nSPS) is 15.0. The zero-order valence-corrected chi connectivity index (χ0v) is 30.7. The summed E-state index contributed by atoms with van der Waals surface area (Å²) in [4.78, 5) is 0. The molecule has 7 rings (SSSR count). The van der Waals surface area contributed by atoms with E-state index in [4.69, 9.17) is 0 Å². The Morgan fingerprint density at radius 3 is 1.47 bits per heavy atom. The molecule has 0 radical (unpaired) electrons. The van der Waals surface area contributed by atoms with Crippen LogP contribution < -0.4 is 24.8 Å². The predicted molar refractivity (Wildman–Crippen MR) is 183 cm³/mol. The molecule has 0 atom stereocenters. The van der Waals surface area contributed by atoms with Crippen molar-refractivity contribution in [1.29, 1.82) is 0 Å². The van der Waals surface area contributed by atoms with Crippen LogP contribution in [0.4, 0.5) is 0 Å². The number of halogens is 2. The smallest absolute Gasteiger partial charge is 1.00 e. The van der Waals surface area contributed by atoms with Crippen LogP contribution in [-0.2, 0) is 17.4 Å². The van der Waals surface area contributed by atoms with E-state index >= 15 is 0 Å². The van der Waals surface area contributed by atoms with E-state index in [-0.39, 0.29) is 24.8 Å². The Morgan fingerprint density at radius 1 is 0.578 bits per heavy atom. The van der Waals surface area contributed by atoms with Gasteiger partial charge in [0.2, 0.25) is 0 Å². The maximum atomic E-state index is 2.62. The maximum Gasteiger partial charge on any atom is -1.00 e. The number of fused-ring (bicyclic) bond motifs is 3. The molecule has 0 amide bonds. The molecule has 4 aromatic carbocycles. The molecule has 0 aromatic heterocycles. The first-order chi connectivity index (χ1) is 20.8. The van der Waals surface area contributed by atoms with Crippen molar-refractivity contribution in [3.63, 3.8) is 0 Å². The second kappa shape index (κ2) is 13.7. The van der Waals surface area contributed by atoms with E-state index in [2.05, 4.69) is 120 Å².